The zero-order valence-electron chi connectivity index (χ0n) is 14.3. The number of carbonyl (C=O) groups is 2. The minimum atomic E-state index is -0.714. The number of rotatable bonds is 6. The Balaban J connectivity index is 1.72. The summed E-state index contributed by atoms with van der Waals surface area (Å²) in [6, 6.07) is 0.994. The Morgan fingerprint density at radius 3 is 2.67 bits per heavy atom. The highest BCUT2D eigenvalue weighted by Gasteiger charge is 2.22. The number of hydrogen-bond donors (Lipinski definition) is 3. The topological polar surface area (TPSA) is 166 Å². The van der Waals surface area contributed by atoms with Gasteiger partial charge >= 0.3 is 5.82 Å². The lowest BCUT2D eigenvalue weighted by molar-refractivity contribution is -0.389. The van der Waals surface area contributed by atoms with Gasteiger partial charge in [0, 0.05) is 32.4 Å². The molecule has 0 atom stereocenters. The van der Waals surface area contributed by atoms with Crippen molar-refractivity contribution in [2.75, 3.05) is 5.32 Å². The molecule has 0 saturated heterocycles. The average Bonchev–Trinajstić information content (AvgIpc) is 3.33. The quantitative estimate of drug-likeness (QED) is 0.403. The van der Waals surface area contributed by atoms with Crippen molar-refractivity contribution in [3.8, 4) is 0 Å². The first-order chi connectivity index (χ1) is 12.8. The standard InChI is InChI=1S/C14H15N9O4/c1-21-7-8(5-16-21)4-15-14(25)12-10(6-17-22(12)2)18-13(24)9-3-11(20-19-9)23(26)27/h3,5-7H,4H2,1-2H3,(H,15,25)(H,18,24)(H,19,20). The van der Waals surface area contributed by atoms with Gasteiger partial charge in [-0.2, -0.15) is 10.2 Å². The Morgan fingerprint density at radius 2 is 2.04 bits per heavy atom. The molecule has 3 aromatic heterocycles. The number of hydrogen-bond acceptors (Lipinski definition) is 7. The van der Waals surface area contributed by atoms with Gasteiger partial charge in [0.2, 0.25) is 0 Å². The van der Waals surface area contributed by atoms with Gasteiger partial charge in [-0.05, 0) is 4.92 Å². The molecule has 13 nitrogen and oxygen atoms in total. The molecule has 0 aliphatic heterocycles. The lowest BCUT2D eigenvalue weighted by Crippen LogP contribution is -2.26. The van der Waals surface area contributed by atoms with E-state index in [1.807, 2.05) is 0 Å². The van der Waals surface area contributed by atoms with Crippen LogP contribution in [0.3, 0.4) is 0 Å². The first kappa shape index (κ1) is 17.8. The zero-order chi connectivity index (χ0) is 19.6. The van der Waals surface area contributed by atoms with E-state index >= 15 is 0 Å². The third-order valence-corrected chi connectivity index (χ3v) is 3.61. The summed E-state index contributed by atoms with van der Waals surface area (Å²) in [5.74, 6) is -1.59. The Hall–Kier alpha value is -4.03. The second kappa shape index (κ2) is 7.07. The number of aromatic nitrogens is 6. The summed E-state index contributed by atoms with van der Waals surface area (Å²) < 4.78 is 2.92. The van der Waals surface area contributed by atoms with E-state index in [2.05, 4.69) is 31.0 Å². The highest BCUT2D eigenvalue weighted by molar-refractivity contribution is 6.07. The second-order valence-corrected chi connectivity index (χ2v) is 5.59. The van der Waals surface area contributed by atoms with Crippen molar-refractivity contribution in [1.82, 2.24) is 35.1 Å². The van der Waals surface area contributed by atoms with E-state index in [0.29, 0.717) is 0 Å². The summed E-state index contributed by atoms with van der Waals surface area (Å²) in [7, 11) is 3.31. The molecule has 0 radical (unpaired) electrons. The first-order valence-electron chi connectivity index (χ1n) is 7.64. The number of H-pyrrole nitrogens is 1. The lowest BCUT2D eigenvalue weighted by Gasteiger charge is -2.07. The van der Waals surface area contributed by atoms with Crippen molar-refractivity contribution >= 4 is 23.3 Å². The van der Waals surface area contributed by atoms with Gasteiger partial charge in [0.25, 0.3) is 11.8 Å². The molecule has 13 heteroatoms. The molecule has 3 aromatic rings. The molecule has 0 unspecified atom stereocenters. The maximum Gasteiger partial charge on any atom is 0.343 e. The van der Waals surface area contributed by atoms with Crippen LogP contribution in [0.5, 0.6) is 0 Å². The number of aromatic amines is 1. The van der Waals surface area contributed by atoms with E-state index in [9.17, 15) is 19.7 Å². The molecule has 0 aliphatic carbocycles. The number of carbonyl (C=O) groups excluding carboxylic acids is 2. The van der Waals surface area contributed by atoms with Crippen LogP contribution in [0, 0.1) is 10.1 Å². The van der Waals surface area contributed by atoms with Gasteiger partial charge in [0.05, 0.1) is 24.1 Å². The molecular formula is C14H15N9O4. The summed E-state index contributed by atoms with van der Waals surface area (Å²) in [6.45, 7) is 0.247. The maximum absolute atomic E-state index is 12.5. The molecule has 0 spiro atoms. The van der Waals surface area contributed by atoms with Crippen LogP contribution < -0.4 is 10.6 Å². The van der Waals surface area contributed by atoms with E-state index in [1.165, 1.54) is 10.9 Å². The van der Waals surface area contributed by atoms with Crippen LogP contribution in [0.2, 0.25) is 0 Å². The van der Waals surface area contributed by atoms with Crippen LogP contribution in [-0.4, -0.2) is 46.5 Å². The largest absolute Gasteiger partial charge is 0.358 e. The predicted octanol–water partition coefficient (Wildman–Crippen LogP) is -0.0328. The van der Waals surface area contributed by atoms with Gasteiger partial charge in [0.1, 0.15) is 5.69 Å². The SMILES string of the molecule is Cn1cc(CNC(=O)c2c(NC(=O)c3cc([N+](=O)[O-])[nH]n3)cnn2C)cn1. The van der Waals surface area contributed by atoms with Gasteiger partial charge in [-0.3, -0.25) is 19.0 Å². The number of aryl methyl sites for hydroxylation is 2. The van der Waals surface area contributed by atoms with Gasteiger partial charge in [-0.1, -0.05) is 5.10 Å². The fourth-order valence-electron chi connectivity index (χ4n) is 2.34. The Kier molecular flexibility index (Phi) is 4.66. The highest BCUT2D eigenvalue weighted by atomic mass is 16.6. The van der Waals surface area contributed by atoms with Crippen molar-refractivity contribution in [3.63, 3.8) is 0 Å². The summed E-state index contributed by atoms with van der Waals surface area (Å²) in [4.78, 5) is 34.7. The van der Waals surface area contributed by atoms with Crippen molar-refractivity contribution in [2.45, 2.75) is 6.54 Å². The predicted molar refractivity (Wildman–Crippen MR) is 90.8 cm³/mol. The van der Waals surface area contributed by atoms with Crippen LogP contribution in [-0.2, 0) is 20.6 Å². The zero-order valence-corrected chi connectivity index (χ0v) is 14.3. The Morgan fingerprint density at radius 1 is 1.26 bits per heavy atom. The van der Waals surface area contributed by atoms with E-state index in [0.717, 1.165) is 11.6 Å². The van der Waals surface area contributed by atoms with E-state index in [4.69, 9.17) is 0 Å². The molecule has 3 N–H and O–H groups in total. The Labute approximate surface area is 151 Å². The summed E-state index contributed by atoms with van der Waals surface area (Å²) in [6.07, 6.45) is 4.69. The molecule has 0 saturated carbocycles. The first-order valence-corrected chi connectivity index (χ1v) is 7.64. The maximum atomic E-state index is 12.5. The summed E-state index contributed by atoms with van der Waals surface area (Å²) in [5, 5.41) is 29.5. The smallest absolute Gasteiger partial charge is 0.343 e. The second-order valence-electron chi connectivity index (χ2n) is 5.59. The third kappa shape index (κ3) is 3.81. The van der Waals surface area contributed by atoms with Crippen molar-refractivity contribution in [1.29, 1.82) is 0 Å². The molecule has 27 heavy (non-hydrogen) atoms. The van der Waals surface area contributed by atoms with Crippen molar-refractivity contribution in [2.24, 2.45) is 14.1 Å². The molecule has 140 valence electrons. The molecule has 0 fully saturated rings. The van der Waals surface area contributed by atoms with Crippen molar-refractivity contribution in [3.05, 3.63) is 51.7 Å². The van der Waals surface area contributed by atoms with E-state index < -0.39 is 22.6 Å². The minimum Gasteiger partial charge on any atom is -0.358 e. The molecular weight excluding hydrogens is 358 g/mol. The molecule has 3 rings (SSSR count). The van der Waals surface area contributed by atoms with Gasteiger partial charge < -0.3 is 20.7 Å². The summed E-state index contributed by atoms with van der Waals surface area (Å²) in [5.41, 5.74) is 0.892. The summed E-state index contributed by atoms with van der Waals surface area (Å²) >= 11 is 0. The third-order valence-electron chi connectivity index (χ3n) is 3.61. The highest BCUT2D eigenvalue weighted by Crippen LogP contribution is 2.16. The van der Waals surface area contributed by atoms with Gasteiger partial charge in [-0.15, -0.1) is 5.10 Å². The van der Waals surface area contributed by atoms with Crippen LogP contribution >= 0.6 is 0 Å². The lowest BCUT2D eigenvalue weighted by atomic mass is 10.3. The Bertz CT molecular complexity index is 1020. The van der Waals surface area contributed by atoms with E-state index in [1.54, 1.807) is 31.2 Å². The van der Waals surface area contributed by atoms with Crippen molar-refractivity contribution < 1.29 is 14.5 Å². The van der Waals surface area contributed by atoms with Crippen LogP contribution in [0.25, 0.3) is 0 Å². The average molecular weight is 373 g/mol. The fraction of sp³-hybridized carbons (Fsp3) is 0.214. The number of nitro groups is 1. The monoisotopic (exact) mass is 373 g/mol. The van der Waals surface area contributed by atoms with E-state index in [-0.39, 0.29) is 23.6 Å². The number of nitrogens with one attached hydrogen (secondary N) is 3. The van der Waals surface area contributed by atoms with Gasteiger partial charge in [0.15, 0.2) is 5.69 Å². The normalized spacial score (nSPS) is 10.6. The number of anilines is 1. The number of nitrogens with zero attached hydrogens (tertiary/aromatic N) is 6. The van der Waals surface area contributed by atoms with Crippen LogP contribution in [0.4, 0.5) is 11.5 Å². The molecule has 0 bridgehead atoms. The van der Waals surface area contributed by atoms with Crippen LogP contribution in [0.1, 0.15) is 26.5 Å². The molecule has 0 aliphatic rings. The van der Waals surface area contributed by atoms with Gasteiger partial charge in [-0.25, -0.2) is 0 Å². The van der Waals surface area contributed by atoms with Crippen LogP contribution in [0.15, 0.2) is 24.7 Å². The minimum absolute atomic E-state index is 0.122. The molecule has 3 heterocycles. The fourth-order valence-corrected chi connectivity index (χ4v) is 2.34. The number of amides is 2. The molecule has 2 amide bonds. The molecule has 0 aromatic carbocycles.